The van der Waals surface area contributed by atoms with Gasteiger partial charge in [0.05, 0.1) is 6.54 Å². The molecule has 0 atom stereocenters. The Morgan fingerprint density at radius 3 is 2.70 bits per heavy atom. The zero-order valence-electron chi connectivity index (χ0n) is 14.1. The topological polar surface area (TPSA) is 81.9 Å². The average Bonchev–Trinajstić information content (AvgIpc) is 2.76. The fourth-order valence-corrected chi connectivity index (χ4v) is 2.65. The van der Waals surface area contributed by atoms with Crippen LogP contribution in [0.1, 0.15) is 33.3 Å². The first-order chi connectivity index (χ1) is 10.7. The normalized spacial score (nSPS) is 15.0. The smallest absolute Gasteiger partial charge is 0.261 e. The van der Waals surface area contributed by atoms with Crippen LogP contribution < -0.4 is 15.2 Å². The second kappa shape index (κ2) is 6.48. The van der Waals surface area contributed by atoms with Gasteiger partial charge in [-0.05, 0) is 33.8 Å². The van der Waals surface area contributed by atoms with Crippen molar-refractivity contribution in [1.82, 2.24) is 4.90 Å². The van der Waals surface area contributed by atoms with Crippen LogP contribution >= 0.6 is 0 Å². The van der Waals surface area contributed by atoms with Crippen LogP contribution in [-0.2, 0) is 16.0 Å². The zero-order valence-corrected chi connectivity index (χ0v) is 14.1. The Labute approximate surface area is 136 Å². The summed E-state index contributed by atoms with van der Waals surface area (Å²) in [5.74, 6) is 0.409. The summed E-state index contributed by atoms with van der Waals surface area (Å²) in [7, 11) is 0. The number of carbonyl (C=O) groups excluding carboxylic acids is 2. The molecule has 0 saturated carbocycles. The molecule has 0 spiro atoms. The van der Waals surface area contributed by atoms with E-state index >= 15 is 0 Å². The quantitative estimate of drug-likeness (QED) is 0.861. The lowest BCUT2D eigenvalue weighted by atomic mass is 10.0. The molecule has 2 N–H and O–H groups in total. The number of fused-ring (bicyclic) bond motifs is 1. The van der Waals surface area contributed by atoms with E-state index in [1.807, 2.05) is 39.8 Å². The second-order valence-electron chi connectivity index (χ2n) is 6.65. The van der Waals surface area contributed by atoms with Crippen LogP contribution in [0.4, 0.5) is 0 Å². The van der Waals surface area contributed by atoms with Gasteiger partial charge in [0.15, 0.2) is 18.1 Å². The minimum absolute atomic E-state index is 0.115. The molecule has 0 aliphatic carbocycles. The summed E-state index contributed by atoms with van der Waals surface area (Å²) in [5, 5.41) is 0. The van der Waals surface area contributed by atoms with Crippen LogP contribution in [-0.4, -0.2) is 41.5 Å². The molecule has 23 heavy (non-hydrogen) atoms. The van der Waals surface area contributed by atoms with E-state index in [0.29, 0.717) is 11.5 Å². The van der Waals surface area contributed by atoms with Gasteiger partial charge in [-0.3, -0.25) is 9.59 Å². The lowest BCUT2D eigenvalue weighted by Gasteiger charge is -2.25. The number of amides is 2. The molecular formula is C17H24N2O4. The van der Waals surface area contributed by atoms with Crippen LogP contribution in [0, 0.1) is 0 Å². The lowest BCUT2D eigenvalue weighted by molar-refractivity contribution is -0.138. The highest BCUT2D eigenvalue weighted by Gasteiger charge is 2.32. The number of ether oxygens (including phenoxy) is 2. The van der Waals surface area contributed by atoms with E-state index < -0.39 is 5.91 Å². The molecular weight excluding hydrogens is 296 g/mol. The molecule has 1 aliphatic rings. The Hall–Kier alpha value is -2.24. The van der Waals surface area contributed by atoms with Crippen LogP contribution in [0.15, 0.2) is 18.2 Å². The maximum Gasteiger partial charge on any atom is 0.261 e. The Bertz CT molecular complexity index is 611. The Morgan fingerprint density at radius 2 is 2.09 bits per heavy atom. The van der Waals surface area contributed by atoms with Crippen molar-refractivity contribution in [3.63, 3.8) is 0 Å². The molecule has 6 nitrogen and oxygen atoms in total. The minimum atomic E-state index is -0.544. The molecule has 0 unspecified atom stereocenters. The summed E-state index contributed by atoms with van der Waals surface area (Å²) in [6.45, 7) is 7.39. The number of carbonyl (C=O) groups is 2. The predicted octanol–water partition coefficient (Wildman–Crippen LogP) is 1.50. The molecule has 0 bridgehead atoms. The Morgan fingerprint density at radius 1 is 1.39 bits per heavy atom. The van der Waals surface area contributed by atoms with Gasteiger partial charge in [0, 0.05) is 18.0 Å². The summed E-state index contributed by atoms with van der Waals surface area (Å²) in [5.41, 5.74) is 5.98. The van der Waals surface area contributed by atoms with Crippen LogP contribution in [0.5, 0.6) is 11.5 Å². The van der Waals surface area contributed by atoms with Crippen molar-refractivity contribution in [2.75, 3.05) is 13.2 Å². The fraction of sp³-hybridized carbons (Fsp3) is 0.529. The van der Waals surface area contributed by atoms with Gasteiger partial charge in [-0.2, -0.15) is 0 Å². The SMILES string of the molecule is CC(C)N(CC(N)=O)C(=O)COc1cccc2c1OC(C)(C)C2. The van der Waals surface area contributed by atoms with E-state index in [1.54, 1.807) is 6.07 Å². The van der Waals surface area contributed by atoms with Crippen molar-refractivity contribution >= 4 is 11.8 Å². The second-order valence-corrected chi connectivity index (χ2v) is 6.65. The van der Waals surface area contributed by atoms with Gasteiger partial charge in [-0.25, -0.2) is 0 Å². The van der Waals surface area contributed by atoms with Crippen LogP contribution in [0.25, 0.3) is 0 Å². The predicted molar refractivity (Wildman–Crippen MR) is 86.4 cm³/mol. The molecule has 126 valence electrons. The van der Waals surface area contributed by atoms with Gasteiger partial charge >= 0.3 is 0 Å². The number of para-hydroxylation sites is 1. The summed E-state index contributed by atoms with van der Waals surface area (Å²) in [6.07, 6.45) is 0.799. The van der Waals surface area contributed by atoms with E-state index in [2.05, 4.69) is 0 Å². The molecule has 0 radical (unpaired) electrons. The number of nitrogens with two attached hydrogens (primary N) is 1. The molecule has 1 aromatic rings. The molecule has 2 rings (SSSR count). The van der Waals surface area contributed by atoms with E-state index in [-0.39, 0.29) is 30.7 Å². The van der Waals surface area contributed by atoms with Crippen molar-refractivity contribution < 1.29 is 19.1 Å². The van der Waals surface area contributed by atoms with Crippen molar-refractivity contribution in [2.24, 2.45) is 5.73 Å². The first kappa shape index (κ1) is 17.1. The van der Waals surface area contributed by atoms with E-state index in [4.69, 9.17) is 15.2 Å². The van der Waals surface area contributed by atoms with Gasteiger partial charge < -0.3 is 20.1 Å². The third kappa shape index (κ3) is 4.15. The largest absolute Gasteiger partial charge is 0.483 e. The highest BCUT2D eigenvalue weighted by Crippen LogP contribution is 2.41. The van der Waals surface area contributed by atoms with Crippen LogP contribution in [0.2, 0.25) is 0 Å². The average molecular weight is 320 g/mol. The number of rotatable bonds is 6. The van der Waals surface area contributed by atoms with Crippen molar-refractivity contribution in [2.45, 2.75) is 45.8 Å². The van der Waals surface area contributed by atoms with Crippen molar-refractivity contribution in [3.05, 3.63) is 23.8 Å². The summed E-state index contributed by atoms with van der Waals surface area (Å²) < 4.78 is 11.6. The van der Waals surface area contributed by atoms with Gasteiger partial charge in [0.25, 0.3) is 5.91 Å². The highest BCUT2D eigenvalue weighted by atomic mass is 16.5. The third-order valence-corrected chi connectivity index (χ3v) is 3.68. The minimum Gasteiger partial charge on any atom is -0.483 e. The molecule has 0 aromatic heterocycles. The zero-order chi connectivity index (χ0) is 17.2. The number of benzene rings is 1. The first-order valence-corrected chi connectivity index (χ1v) is 7.71. The summed E-state index contributed by atoms with van der Waals surface area (Å²) >= 11 is 0. The molecule has 2 amide bonds. The van der Waals surface area contributed by atoms with E-state index in [0.717, 1.165) is 12.0 Å². The maximum absolute atomic E-state index is 12.3. The van der Waals surface area contributed by atoms with Gasteiger partial charge in [-0.1, -0.05) is 12.1 Å². The molecule has 6 heteroatoms. The van der Waals surface area contributed by atoms with Gasteiger partial charge in [0.1, 0.15) is 5.60 Å². The number of hydrogen-bond donors (Lipinski definition) is 1. The summed E-state index contributed by atoms with van der Waals surface area (Å²) in [6, 6.07) is 5.52. The fourth-order valence-electron chi connectivity index (χ4n) is 2.65. The summed E-state index contributed by atoms with van der Waals surface area (Å²) in [4.78, 5) is 24.8. The highest BCUT2D eigenvalue weighted by molar-refractivity contribution is 5.84. The maximum atomic E-state index is 12.3. The standard InChI is InChI=1S/C17H24N2O4/c1-11(2)19(9-14(18)20)15(21)10-22-13-7-5-6-12-8-17(3,4)23-16(12)13/h5-7,11H,8-10H2,1-4H3,(H2,18,20). The van der Waals surface area contributed by atoms with Gasteiger partial charge in [-0.15, -0.1) is 0 Å². The molecule has 1 aromatic carbocycles. The van der Waals surface area contributed by atoms with Gasteiger partial charge in [0.2, 0.25) is 5.91 Å². The van der Waals surface area contributed by atoms with Crippen molar-refractivity contribution in [1.29, 1.82) is 0 Å². The van der Waals surface area contributed by atoms with Crippen LogP contribution in [0.3, 0.4) is 0 Å². The van der Waals surface area contributed by atoms with E-state index in [9.17, 15) is 9.59 Å². The lowest BCUT2D eigenvalue weighted by Crippen LogP contribution is -2.44. The van der Waals surface area contributed by atoms with Crippen molar-refractivity contribution in [3.8, 4) is 11.5 Å². The Balaban J connectivity index is 2.06. The number of nitrogens with zero attached hydrogens (tertiary/aromatic N) is 1. The molecule has 1 heterocycles. The first-order valence-electron chi connectivity index (χ1n) is 7.71. The third-order valence-electron chi connectivity index (χ3n) is 3.68. The van der Waals surface area contributed by atoms with E-state index in [1.165, 1.54) is 4.90 Å². The molecule has 1 aliphatic heterocycles. The number of primary amides is 1. The monoisotopic (exact) mass is 320 g/mol. The molecule has 0 fully saturated rings. The number of hydrogen-bond acceptors (Lipinski definition) is 4. The Kier molecular flexibility index (Phi) is 4.82. The molecule has 0 saturated heterocycles.